The third-order valence-corrected chi connectivity index (χ3v) is 1.66. The molecular weight excluding hydrogens is 124 g/mol. The predicted octanol–water partition coefficient (Wildman–Crippen LogP) is 1.32. The van der Waals surface area contributed by atoms with E-state index in [1.54, 1.807) is 0 Å². The second kappa shape index (κ2) is 3.06. The zero-order chi connectivity index (χ0) is 7.56. The maximum atomic E-state index is 2.32. The fourth-order valence-electron chi connectivity index (χ4n) is 1.17. The molecule has 1 heterocycles. The van der Waals surface area contributed by atoms with E-state index in [0.29, 0.717) is 0 Å². The summed E-state index contributed by atoms with van der Waals surface area (Å²) >= 11 is 0. The molecule has 0 aliphatic carbocycles. The third kappa shape index (κ3) is 1.74. The highest BCUT2D eigenvalue weighted by molar-refractivity contribution is 4.89. The molecule has 2 heteroatoms. The Morgan fingerprint density at radius 1 is 1.50 bits per heavy atom. The van der Waals surface area contributed by atoms with Crippen molar-refractivity contribution in [2.24, 2.45) is 5.92 Å². The van der Waals surface area contributed by atoms with E-state index in [-0.39, 0.29) is 0 Å². The van der Waals surface area contributed by atoms with Gasteiger partial charge >= 0.3 is 0 Å². The van der Waals surface area contributed by atoms with Gasteiger partial charge in [0.05, 0.1) is 0 Å². The second-order valence-electron chi connectivity index (χ2n) is 3.22. The number of hydrazine groups is 1. The van der Waals surface area contributed by atoms with Gasteiger partial charge < -0.3 is 5.01 Å². The van der Waals surface area contributed by atoms with E-state index in [1.165, 1.54) is 0 Å². The summed E-state index contributed by atoms with van der Waals surface area (Å²) in [5, 5.41) is 4.48. The van der Waals surface area contributed by atoms with Crippen molar-refractivity contribution in [1.82, 2.24) is 10.0 Å². The minimum Gasteiger partial charge on any atom is -0.316 e. The van der Waals surface area contributed by atoms with Gasteiger partial charge in [-0.05, 0) is 5.92 Å². The quantitative estimate of drug-likeness (QED) is 0.570. The Hall–Kier alpha value is -0.500. The molecule has 0 N–H and O–H groups in total. The summed E-state index contributed by atoms with van der Waals surface area (Å²) in [5.74, 6) is 0.752. The zero-order valence-corrected chi connectivity index (χ0v) is 7.04. The van der Waals surface area contributed by atoms with E-state index >= 15 is 0 Å². The van der Waals surface area contributed by atoms with Crippen LogP contribution < -0.4 is 0 Å². The Morgan fingerprint density at radius 2 is 2.20 bits per heavy atom. The molecule has 0 saturated heterocycles. The first-order valence-electron chi connectivity index (χ1n) is 3.84. The average Bonchev–Trinajstić information content (AvgIpc) is 2.15. The van der Waals surface area contributed by atoms with Gasteiger partial charge in [-0.2, -0.15) is 0 Å². The molecule has 0 fully saturated rings. The van der Waals surface area contributed by atoms with Crippen molar-refractivity contribution in [2.75, 3.05) is 20.1 Å². The fraction of sp³-hybridized carbons (Fsp3) is 0.750. The SMILES string of the molecule is CC(C)CN1CC=CN1C. The van der Waals surface area contributed by atoms with Gasteiger partial charge in [0.1, 0.15) is 0 Å². The maximum absolute atomic E-state index is 2.32. The molecule has 10 heavy (non-hydrogen) atoms. The van der Waals surface area contributed by atoms with Crippen LogP contribution in [0.4, 0.5) is 0 Å². The van der Waals surface area contributed by atoms with E-state index < -0.39 is 0 Å². The van der Waals surface area contributed by atoms with Gasteiger partial charge in [0.2, 0.25) is 0 Å². The predicted molar refractivity (Wildman–Crippen MR) is 43.3 cm³/mol. The topological polar surface area (TPSA) is 6.48 Å². The van der Waals surface area contributed by atoms with Gasteiger partial charge in [-0.25, -0.2) is 5.01 Å². The van der Waals surface area contributed by atoms with Crippen LogP contribution in [-0.4, -0.2) is 30.2 Å². The minimum absolute atomic E-state index is 0.752. The van der Waals surface area contributed by atoms with Crippen molar-refractivity contribution in [3.8, 4) is 0 Å². The summed E-state index contributed by atoms with van der Waals surface area (Å²) < 4.78 is 0. The fourth-order valence-corrected chi connectivity index (χ4v) is 1.17. The van der Waals surface area contributed by atoms with Crippen molar-refractivity contribution < 1.29 is 0 Å². The molecule has 1 aliphatic heterocycles. The molecule has 0 bridgehead atoms. The standard InChI is InChI=1S/C8H16N2/c1-8(2)7-10-6-4-5-9(10)3/h4-5,8H,6-7H2,1-3H3. The summed E-state index contributed by atoms with van der Waals surface area (Å²) in [6, 6.07) is 0. The molecule has 0 amide bonds. The summed E-state index contributed by atoms with van der Waals surface area (Å²) in [6.07, 6.45) is 4.30. The van der Waals surface area contributed by atoms with Gasteiger partial charge in [0.25, 0.3) is 0 Å². The first kappa shape index (κ1) is 7.61. The van der Waals surface area contributed by atoms with Crippen molar-refractivity contribution in [3.63, 3.8) is 0 Å². The smallest absolute Gasteiger partial charge is 0.0379 e. The Labute approximate surface area is 63.1 Å². The first-order chi connectivity index (χ1) is 4.70. The van der Waals surface area contributed by atoms with Crippen LogP contribution in [0.1, 0.15) is 13.8 Å². The molecule has 1 rings (SSSR count). The van der Waals surface area contributed by atoms with Crippen molar-refractivity contribution in [1.29, 1.82) is 0 Å². The Balaban J connectivity index is 2.30. The molecule has 58 valence electrons. The average molecular weight is 140 g/mol. The van der Waals surface area contributed by atoms with Crippen LogP contribution in [0.25, 0.3) is 0 Å². The molecule has 0 atom stereocenters. The van der Waals surface area contributed by atoms with Gasteiger partial charge in [-0.15, -0.1) is 0 Å². The normalized spacial score (nSPS) is 19.4. The van der Waals surface area contributed by atoms with Gasteiger partial charge in [0, 0.05) is 26.3 Å². The molecule has 0 aromatic carbocycles. The summed E-state index contributed by atoms with van der Waals surface area (Å²) in [4.78, 5) is 0. The lowest BCUT2D eigenvalue weighted by atomic mass is 10.2. The van der Waals surface area contributed by atoms with Crippen LogP contribution >= 0.6 is 0 Å². The van der Waals surface area contributed by atoms with E-state index in [2.05, 4.69) is 43.2 Å². The maximum Gasteiger partial charge on any atom is 0.0379 e. The van der Waals surface area contributed by atoms with Crippen molar-refractivity contribution in [2.45, 2.75) is 13.8 Å². The molecule has 0 aromatic heterocycles. The van der Waals surface area contributed by atoms with Crippen LogP contribution in [-0.2, 0) is 0 Å². The lowest BCUT2D eigenvalue weighted by molar-refractivity contribution is 0.0663. The number of rotatable bonds is 2. The lowest BCUT2D eigenvalue weighted by Crippen LogP contribution is -2.34. The van der Waals surface area contributed by atoms with Gasteiger partial charge in [-0.1, -0.05) is 19.9 Å². The van der Waals surface area contributed by atoms with Crippen LogP contribution in [0.3, 0.4) is 0 Å². The molecule has 0 unspecified atom stereocenters. The number of nitrogens with zero attached hydrogens (tertiary/aromatic N) is 2. The highest BCUT2D eigenvalue weighted by Crippen LogP contribution is 2.07. The highest BCUT2D eigenvalue weighted by atomic mass is 15.6. The second-order valence-corrected chi connectivity index (χ2v) is 3.22. The number of hydrogen-bond acceptors (Lipinski definition) is 2. The molecule has 0 spiro atoms. The summed E-state index contributed by atoms with van der Waals surface area (Å²) in [6.45, 7) is 6.72. The Bertz CT molecular complexity index is 129. The first-order valence-corrected chi connectivity index (χ1v) is 3.84. The minimum atomic E-state index is 0.752. The van der Waals surface area contributed by atoms with Gasteiger partial charge in [-0.3, -0.25) is 0 Å². The van der Waals surface area contributed by atoms with Gasteiger partial charge in [0.15, 0.2) is 0 Å². The molecule has 2 nitrogen and oxygen atoms in total. The molecule has 1 aliphatic rings. The largest absolute Gasteiger partial charge is 0.316 e. The monoisotopic (exact) mass is 140 g/mol. The molecule has 0 radical (unpaired) electrons. The molecule has 0 saturated carbocycles. The van der Waals surface area contributed by atoms with E-state index in [9.17, 15) is 0 Å². The molecule has 0 aromatic rings. The van der Waals surface area contributed by atoms with E-state index in [1.807, 2.05) is 0 Å². The van der Waals surface area contributed by atoms with Crippen molar-refractivity contribution >= 4 is 0 Å². The van der Waals surface area contributed by atoms with Crippen LogP contribution in [0, 0.1) is 5.92 Å². The van der Waals surface area contributed by atoms with Crippen LogP contribution in [0.15, 0.2) is 12.3 Å². The van der Waals surface area contributed by atoms with Crippen LogP contribution in [0.2, 0.25) is 0 Å². The van der Waals surface area contributed by atoms with E-state index in [4.69, 9.17) is 0 Å². The van der Waals surface area contributed by atoms with E-state index in [0.717, 1.165) is 19.0 Å². The lowest BCUT2D eigenvalue weighted by Gasteiger charge is -2.26. The Morgan fingerprint density at radius 3 is 2.60 bits per heavy atom. The summed E-state index contributed by atoms with van der Waals surface area (Å²) in [5.41, 5.74) is 0. The highest BCUT2D eigenvalue weighted by Gasteiger charge is 2.11. The number of hydrogen-bond donors (Lipinski definition) is 0. The molecular formula is C8H16N2. The third-order valence-electron chi connectivity index (χ3n) is 1.66. The summed E-state index contributed by atoms with van der Waals surface area (Å²) in [7, 11) is 2.09. The van der Waals surface area contributed by atoms with Crippen molar-refractivity contribution in [3.05, 3.63) is 12.3 Å². The van der Waals surface area contributed by atoms with Crippen LogP contribution in [0.5, 0.6) is 0 Å². The Kier molecular flexibility index (Phi) is 2.33. The zero-order valence-electron chi connectivity index (χ0n) is 7.04.